The first kappa shape index (κ1) is 14.8. The second-order valence-corrected chi connectivity index (χ2v) is 5.62. The highest BCUT2D eigenvalue weighted by molar-refractivity contribution is 5.83. The summed E-state index contributed by atoms with van der Waals surface area (Å²) in [6.07, 6.45) is 0.757. The van der Waals surface area contributed by atoms with Crippen LogP contribution in [-0.2, 0) is 4.79 Å². The van der Waals surface area contributed by atoms with Gasteiger partial charge in [0, 0.05) is 19.6 Å². The highest BCUT2D eigenvalue weighted by atomic mass is 16.4. The Morgan fingerprint density at radius 2 is 1.89 bits per heavy atom. The molecule has 1 saturated heterocycles. The van der Waals surface area contributed by atoms with Gasteiger partial charge in [0.05, 0.1) is 0 Å². The SMILES string of the molecule is CC(C)C(C)N(C)C(=O)N1CCC(C)C1C(=O)O. The van der Waals surface area contributed by atoms with Crippen molar-refractivity contribution in [2.24, 2.45) is 11.8 Å². The van der Waals surface area contributed by atoms with Crippen molar-refractivity contribution in [2.45, 2.75) is 46.2 Å². The Balaban J connectivity index is 2.80. The van der Waals surface area contributed by atoms with E-state index in [0.717, 1.165) is 6.42 Å². The van der Waals surface area contributed by atoms with E-state index in [2.05, 4.69) is 13.8 Å². The summed E-state index contributed by atoms with van der Waals surface area (Å²) in [5, 5.41) is 9.22. The van der Waals surface area contributed by atoms with Gasteiger partial charge in [-0.05, 0) is 25.2 Å². The molecule has 0 aromatic heterocycles. The van der Waals surface area contributed by atoms with E-state index < -0.39 is 12.0 Å². The summed E-state index contributed by atoms with van der Waals surface area (Å²) >= 11 is 0. The molecule has 1 rings (SSSR count). The molecular formula is C13H24N2O3. The lowest BCUT2D eigenvalue weighted by Gasteiger charge is -2.33. The zero-order valence-corrected chi connectivity index (χ0v) is 11.9. The summed E-state index contributed by atoms with van der Waals surface area (Å²) in [4.78, 5) is 26.7. The van der Waals surface area contributed by atoms with Crippen LogP contribution in [0.5, 0.6) is 0 Å². The van der Waals surface area contributed by atoms with Crippen LogP contribution in [0, 0.1) is 11.8 Å². The maximum Gasteiger partial charge on any atom is 0.326 e. The van der Waals surface area contributed by atoms with E-state index in [-0.39, 0.29) is 18.0 Å². The van der Waals surface area contributed by atoms with Gasteiger partial charge in [0.25, 0.3) is 0 Å². The highest BCUT2D eigenvalue weighted by Crippen LogP contribution is 2.26. The third kappa shape index (κ3) is 2.76. The lowest BCUT2D eigenvalue weighted by Crippen LogP contribution is -2.51. The first-order valence-corrected chi connectivity index (χ1v) is 6.53. The molecule has 2 amide bonds. The van der Waals surface area contributed by atoms with Crippen LogP contribution in [0.2, 0.25) is 0 Å². The van der Waals surface area contributed by atoms with E-state index in [1.807, 2.05) is 13.8 Å². The minimum absolute atomic E-state index is 0.0224. The number of carboxylic acids is 1. The molecule has 0 bridgehead atoms. The quantitative estimate of drug-likeness (QED) is 0.838. The number of carbonyl (C=O) groups is 2. The number of hydrogen-bond acceptors (Lipinski definition) is 2. The standard InChI is InChI=1S/C13H24N2O3/c1-8(2)10(4)14(5)13(18)15-7-6-9(3)11(15)12(16)17/h8-11H,6-7H2,1-5H3,(H,16,17). The molecule has 1 aliphatic rings. The number of carboxylic acid groups (broad SMARTS) is 1. The molecule has 18 heavy (non-hydrogen) atoms. The Labute approximate surface area is 109 Å². The van der Waals surface area contributed by atoms with E-state index in [1.165, 1.54) is 4.90 Å². The van der Waals surface area contributed by atoms with Crippen LogP contribution in [0.15, 0.2) is 0 Å². The zero-order valence-electron chi connectivity index (χ0n) is 11.9. The van der Waals surface area contributed by atoms with E-state index in [0.29, 0.717) is 12.5 Å². The molecule has 5 nitrogen and oxygen atoms in total. The fourth-order valence-electron chi connectivity index (χ4n) is 2.36. The fraction of sp³-hybridized carbons (Fsp3) is 0.846. The largest absolute Gasteiger partial charge is 0.480 e. The summed E-state index contributed by atoms with van der Waals surface area (Å²) in [5.74, 6) is -0.532. The average molecular weight is 256 g/mol. The summed E-state index contributed by atoms with van der Waals surface area (Å²) < 4.78 is 0. The van der Waals surface area contributed by atoms with Crippen molar-refractivity contribution in [1.82, 2.24) is 9.80 Å². The number of hydrogen-bond donors (Lipinski definition) is 1. The minimum atomic E-state index is -0.904. The van der Waals surface area contributed by atoms with Crippen LogP contribution in [0.25, 0.3) is 0 Å². The molecule has 1 aliphatic heterocycles. The molecule has 0 aromatic carbocycles. The van der Waals surface area contributed by atoms with Crippen molar-refractivity contribution in [2.75, 3.05) is 13.6 Å². The van der Waals surface area contributed by atoms with Crippen molar-refractivity contribution in [3.05, 3.63) is 0 Å². The van der Waals surface area contributed by atoms with Crippen LogP contribution in [0.3, 0.4) is 0 Å². The van der Waals surface area contributed by atoms with Crippen molar-refractivity contribution in [1.29, 1.82) is 0 Å². The van der Waals surface area contributed by atoms with Gasteiger partial charge < -0.3 is 14.9 Å². The first-order valence-electron chi connectivity index (χ1n) is 6.53. The Morgan fingerprint density at radius 3 is 2.33 bits per heavy atom. The number of amides is 2. The molecule has 0 aliphatic carbocycles. The maximum atomic E-state index is 12.3. The predicted octanol–water partition coefficient (Wildman–Crippen LogP) is 1.88. The summed E-state index contributed by atoms with van der Waals surface area (Å²) in [5.41, 5.74) is 0. The molecule has 1 fully saturated rings. The van der Waals surface area contributed by atoms with Gasteiger partial charge in [0.2, 0.25) is 0 Å². The molecule has 104 valence electrons. The third-order valence-electron chi connectivity index (χ3n) is 4.08. The van der Waals surface area contributed by atoms with E-state index >= 15 is 0 Å². The number of carbonyl (C=O) groups excluding carboxylic acids is 1. The monoisotopic (exact) mass is 256 g/mol. The number of aliphatic carboxylic acids is 1. The third-order valence-corrected chi connectivity index (χ3v) is 4.08. The van der Waals surface area contributed by atoms with Gasteiger partial charge in [0.1, 0.15) is 6.04 Å². The zero-order chi connectivity index (χ0) is 14.0. The lowest BCUT2D eigenvalue weighted by molar-refractivity contribution is -0.142. The summed E-state index contributed by atoms with van der Waals surface area (Å²) in [6, 6.07) is -0.755. The molecular weight excluding hydrogens is 232 g/mol. The summed E-state index contributed by atoms with van der Waals surface area (Å²) in [6.45, 7) is 8.51. The molecule has 1 N–H and O–H groups in total. The smallest absolute Gasteiger partial charge is 0.326 e. The molecule has 3 atom stereocenters. The lowest BCUT2D eigenvalue weighted by atomic mass is 10.0. The molecule has 0 aromatic rings. The van der Waals surface area contributed by atoms with E-state index in [4.69, 9.17) is 0 Å². The molecule has 3 unspecified atom stereocenters. The second kappa shape index (κ2) is 5.59. The van der Waals surface area contributed by atoms with Gasteiger partial charge >= 0.3 is 12.0 Å². The highest BCUT2D eigenvalue weighted by Gasteiger charge is 2.41. The molecule has 0 radical (unpaired) electrons. The van der Waals surface area contributed by atoms with Crippen molar-refractivity contribution in [3.63, 3.8) is 0 Å². The average Bonchev–Trinajstić information content (AvgIpc) is 2.68. The fourth-order valence-corrected chi connectivity index (χ4v) is 2.36. The van der Waals surface area contributed by atoms with Gasteiger partial charge in [-0.25, -0.2) is 9.59 Å². The van der Waals surface area contributed by atoms with Gasteiger partial charge in [-0.2, -0.15) is 0 Å². The van der Waals surface area contributed by atoms with Gasteiger partial charge in [-0.15, -0.1) is 0 Å². The van der Waals surface area contributed by atoms with Gasteiger partial charge in [-0.1, -0.05) is 20.8 Å². The van der Waals surface area contributed by atoms with E-state index in [9.17, 15) is 14.7 Å². The number of urea groups is 1. The van der Waals surface area contributed by atoms with Crippen molar-refractivity contribution in [3.8, 4) is 0 Å². The van der Waals surface area contributed by atoms with Crippen molar-refractivity contribution < 1.29 is 14.7 Å². The molecule has 0 saturated carbocycles. The Morgan fingerprint density at radius 1 is 1.33 bits per heavy atom. The molecule has 5 heteroatoms. The van der Waals surface area contributed by atoms with Gasteiger partial charge in [0.15, 0.2) is 0 Å². The number of likely N-dealkylation sites (tertiary alicyclic amines) is 1. The van der Waals surface area contributed by atoms with Crippen LogP contribution in [-0.4, -0.2) is 52.6 Å². The van der Waals surface area contributed by atoms with Crippen LogP contribution in [0.1, 0.15) is 34.1 Å². The van der Waals surface area contributed by atoms with Crippen LogP contribution >= 0.6 is 0 Å². The Bertz CT molecular complexity index is 330. The number of nitrogens with zero attached hydrogens (tertiary/aromatic N) is 2. The first-order chi connectivity index (χ1) is 8.27. The Kier molecular flexibility index (Phi) is 4.59. The van der Waals surface area contributed by atoms with E-state index in [1.54, 1.807) is 11.9 Å². The minimum Gasteiger partial charge on any atom is -0.480 e. The summed E-state index contributed by atoms with van der Waals surface area (Å²) in [7, 11) is 1.74. The maximum absolute atomic E-state index is 12.3. The predicted molar refractivity (Wildman–Crippen MR) is 69.4 cm³/mol. The normalized spacial score (nSPS) is 25.3. The topological polar surface area (TPSA) is 60.9 Å². The Hall–Kier alpha value is -1.26. The molecule has 0 spiro atoms. The van der Waals surface area contributed by atoms with Gasteiger partial charge in [-0.3, -0.25) is 0 Å². The second-order valence-electron chi connectivity index (χ2n) is 5.62. The van der Waals surface area contributed by atoms with Crippen molar-refractivity contribution >= 4 is 12.0 Å². The number of rotatable bonds is 3. The van der Waals surface area contributed by atoms with Crippen LogP contribution < -0.4 is 0 Å². The van der Waals surface area contributed by atoms with Crippen LogP contribution in [0.4, 0.5) is 4.79 Å². The molecule has 1 heterocycles.